The molecule has 4 N–H and O–H groups in total. The molecule has 1 aliphatic rings. The van der Waals surface area contributed by atoms with Gasteiger partial charge < -0.3 is 29.9 Å². The van der Waals surface area contributed by atoms with Gasteiger partial charge >= 0.3 is 0 Å². The van der Waals surface area contributed by atoms with E-state index in [2.05, 4.69) is 0 Å². The molecule has 0 bridgehead atoms. The van der Waals surface area contributed by atoms with Gasteiger partial charge in [-0.15, -0.1) is 0 Å². The van der Waals surface area contributed by atoms with Crippen LogP contribution >= 0.6 is 0 Å². The molecule has 128 valence electrons. The Morgan fingerprint density at radius 3 is 2.35 bits per heavy atom. The fraction of sp³-hybridized carbons (Fsp3) is 0.571. The Kier molecular flexibility index (Phi) is 5.99. The Bertz CT molecular complexity index is 520. The largest absolute Gasteiger partial charge is 0.394 e. The summed E-state index contributed by atoms with van der Waals surface area (Å²) in [5.74, 6) is 0. The number of non-ortho nitro benzene ring substituents is 1. The van der Waals surface area contributed by atoms with Crippen molar-refractivity contribution in [2.75, 3.05) is 13.2 Å². The van der Waals surface area contributed by atoms with Crippen LogP contribution < -0.4 is 0 Å². The van der Waals surface area contributed by atoms with E-state index in [1.165, 1.54) is 12.1 Å². The second kappa shape index (κ2) is 7.77. The molecule has 1 aromatic rings. The molecule has 1 aromatic carbocycles. The number of rotatable bonds is 6. The molecule has 0 saturated carbocycles. The lowest BCUT2D eigenvalue weighted by molar-refractivity contribution is -0.384. The zero-order valence-corrected chi connectivity index (χ0v) is 12.2. The highest BCUT2D eigenvalue weighted by molar-refractivity contribution is 5.32. The number of aliphatic hydroxyl groups is 4. The van der Waals surface area contributed by atoms with Crippen molar-refractivity contribution in [2.45, 2.75) is 37.1 Å². The minimum absolute atomic E-state index is 0.0106. The summed E-state index contributed by atoms with van der Waals surface area (Å²) in [6, 6.07) is 5.94. The molecule has 1 fully saturated rings. The summed E-state index contributed by atoms with van der Waals surface area (Å²) in [6.07, 6.45) is -6.13. The van der Waals surface area contributed by atoms with Crippen LogP contribution in [-0.4, -0.2) is 69.3 Å². The van der Waals surface area contributed by atoms with Gasteiger partial charge in [-0.05, 0) is 12.0 Å². The lowest BCUT2D eigenvalue weighted by atomic mass is 9.99. The summed E-state index contributed by atoms with van der Waals surface area (Å²) >= 11 is 0. The van der Waals surface area contributed by atoms with Crippen molar-refractivity contribution >= 4 is 5.69 Å². The first-order valence-electron chi connectivity index (χ1n) is 7.09. The van der Waals surface area contributed by atoms with E-state index in [4.69, 9.17) is 14.6 Å². The van der Waals surface area contributed by atoms with Crippen LogP contribution in [0.25, 0.3) is 0 Å². The smallest absolute Gasteiger partial charge is 0.269 e. The molecule has 0 amide bonds. The van der Waals surface area contributed by atoms with Crippen molar-refractivity contribution in [3.63, 3.8) is 0 Å². The Morgan fingerprint density at radius 1 is 1.13 bits per heavy atom. The predicted molar refractivity (Wildman–Crippen MR) is 76.5 cm³/mol. The maximum Gasteiger partial charge on any atom is 0.269 e. The average Bonchev–Trinajstić information content (AvgIpc) is 2.55. The van der Waals surface area contributed by atoms with Crippen LogP contribution in [0.15, 0.2) is 24.3 Å². The van der Waals surface area contributed by atoms with Gasteiger partial charge in [0.1, 0.15) is 24.4 Å². The van der Waals surface area contributed by atoms with E-state index in [1.54, 1.807) is 12.1 Å². The number of ether oxygens (including phenoxy) is 2. The summed E-state index contributed by atoms with van der Waals surface area (Å²) in [4.78, 5) is 10.1. The minimum Gasteiger partial charge on any atom is -0.394 e. The molecule has 9 heteroatoms. The van der Waals surface area contributed by atoms with Crippen molar-refractivity contribution in [1.82, 2.24) is 0 Å². The van der Waals surface area contributed by atoms with Gasteiger partial charge in [-0.25, -0.2) is 0 Å². The fourth-order valence-corrected chi connectivity index (χ4v) is 2.28. The van der Waals surface area contributed by atoms with E-state index in [0.717, 1.165) is 5.56 Å². The maximum atomic E-state index is 10.6. The van der Waals surface area contributed by atoms with Crippen molar-refractivity contribution in [2.24, 2.45) is 0 Å². The highest BCUT2D eigenvalue weighted by atomic mass is 16.7. The lowest BCUT2D eigenvalue weighted by Gasteiger charge is -2.39. The van der Waals surface area contributed by atoms with Crippen LogP contribution in [0.3, 0.4) is 0 Å². The third kappa shape index (κ3) is 4.22. The van der Waals surface area contributed by atoms with Crippen molar-refractivity contribution in [3.05, 3.63) is 39.9 Å². The summed E-state index contributed by atoms with van der Waals surface area (Å²) in [7, 11) is 0. The molecule has 0 spiro atoms. The highest BCUT2D eigenvalue weighted by Crippen LogP contribution is 2.22. The first-order chi connectivity index (χ1) is 10.9. The summed E-state index contributed by atoms with van der Waals surface area (Å²) < 4.78 is 10.5. The van der Waals surface area contributed by atoms with Crippen LogP contribution in [0.4, 0.5) is 5.69 Å². The van der Waals surface area contributed by atoms with E-state index in [1.807, 2.05) is 0 Å². The molecule has 9 nitrogen and oxygen atoms in total. The highest BCUT2D eigenvalue weighted by Gasteiger charge is 2.43. The summed E-state index contributed by atoms with van der Waals surface area (Å²) in [5.41, 5.74) is 0.781. The van der Waals surface area contributed by atoms with E-state index in [9.17, 15) is 25.4 Å². The maximum absolute atomic E-state index is 10.6. The number of aliphatic hydroxyl groups excluding tert-OH is 4. The molecule has 1 heterocycles. The first kappa shape index (κ1) is 17.7. The second-order valence-corrected chi connectivity index (χ2v) is 5.24. The van der Waals surface area contributed by atoms with Crippen LogP contribution in [0.2, 0.25) is 0 Å². The molecule has 0 unspecified atom stereocenters. The van der Waals surface area contributed by atoms with Crippen molar-refractivity contribution < 1.29 is 34.8 Å². The van der Waals surface area contributed by atoms with Gasteiger partial charge in [0, 0.05) is 12.1 Å². The Labute approximate surface area is 131 Å². The van der Waals surface area contributed by atoms with Gasteiger partial charge in [0.2, 0.25) is 0 Å². The lowest BCUT2D eigenvalue weighted by Crippen LogP contribution is -2.59. The monoisotopic (exact) mass is 329 g/mol. The molecular weight excluding hydrogens is 310 g/mol. The van der Waals surface area contributed by atoms with Gasteiger partial charge in [-0.3, -0.25) is 10.1 Å². The van der Waals surface area contributed by atoms with Gasteiger partial charge in [-0.1, -0.05) is 12.1 Å². The van der Waals surface area contributed by atoms with Gasteiger partial charge in [-0.2, -0.15) is 0 Å². The summed E-state index contributed by atoms with van der Waals surface area (Å²) in [6.45, 7) is -0.395. The molecule has 0 aromatic heterocycles. The first-order valence-corrected chi connectivity index (χ1v) is 7.09. The molecule has 0 aliphatic carbocycles. The standard InChI is InChI=1S/C14H19NO8/c16-7-10-11(17)12(18)13(19)14(23-10)22-6-5-8-1-3-9(4-2-8)15(20)21/h1-4,10-14,16-19H,5-7H2/t10-,11-,12+,13+,14+/m1/s1. The van der Waals surface area contributed by atoms with Gasteiger partial charge in [0.15, 0.2) is 6.29 Å². The molecule has 2 rings (SSSR count). The van der Waals surface area contributed by atoms with Crippen LogP contribution in [0.5, 0.6) is 0 Å². The van der Waals surface area contributed by atoms with Crippen molar-refractivity contribution in [1.29, 1.82) is 0 Å². The van der Waals surface area contributed by atoms with E-state index >= 15 is 0 Å². The molecule has 5 atom stereocenters. The Hall–Kier alpha value is -1.62. The number of nitro benzene ring substituents is 1. The molecular formula is C14H19NO8. The topological polar surface area (TPSA) is 143 Å². The molecule has 0 radical (unpaired) electrons. The number of benzene rings is 1. The van der Waals surface area contributed by atoms with Crippen LogP contribution in [0.1, 0.15) is 5.56 Å². The zero-order chi connectivity index (χ0) is 17.0. The molecule has 1 saturated heterocycles. The predicted octanol–water partition coefficient (Wildman–Crippen LogP) is -1.05. The number of nitro groups is 1. The third-order valence-corrected chi connectivity index (χ3v) is 3.67. The van der Waals surface area contributed by atoms with Crippen LogP contribution in [0, 0.1) is 10.1 Å². The minimum atomic E-state index is -1.48. The quantitative estimate of drug-likeness (QED) is 0.383. The Balaban J connectivity index is 1.86. The SMILES string of the molecule is O=[N+]([O-])c1ccc(CCO[C@H]2O[C@H](CO)[C@@H](O)[C@H](O)[C@@H]2O)cc1. The van der Waals surface area contributed by atoms with E-state index in [-0.39, 0.29) is 12.3 Å². The molecule has 1 aliphatic heterocycles. The zero-order valence-electron chi connectivity index (χ0n) is 12.2. The molecule has 23 heavy (non-hydrogen) atoms. The number of hydrogen-bond acceptors (Lipinski definition) is 8. The van der Waals surface area contributed by atoms with E-state index < -0.39 is 42.2 Å². The Morgan fingerprint density at radius 2 is 1.78 bits per heavy atom. The summed E-state index contributed by atoms with van der Waals surface area (Å²) in [5, 5.41) is 48.7. The van der Waals surface area contributed by atoms with Crippen LogP contribution in [-0.2, 0) is 15.9 Å². The average molecular weight is 329 g/mol. The fourth-order valence-electron chi connectivity index (χ4n) is 2.28. The second-order valence-electron chi connectivity index (χ2n) is 5.24. The number of nitrogens with zero attached hydrogens (tertiary/aromatic N) is 1. The van der Waals surface area contributed by atoms with Gasteiger partial charge in [0.05, 0.1) is 18.1 Å². The third-order valence-electron chi connectivity index (χ3n) is 3.67. The van der Waals surface area contributed by atoms with Crippen molar-refractivity contribution in [3.8, 4) is 0 Å². The normalized spacial score (nSPS) is 31.0. The van der Waals surface area contributed by atoms with E-state index in [0.29, 0.717) is 6.42 Å². The number of hydrogen-bond donors (Lipinski definition) is 4. The van der Waals surface area contributed by atoms with Gasteiger partial charge in [0.25, 0.3) is 5.69 Å².